The van der Waals surface area contributed by atoms with Crippen LogP contribution in [0.25, 0.3) is 0 Å². The molecule has 0 bridgehead atoms. The molecular formula is C15H17FN2O. The lowest BCUT2D eigenvalue weighted by atomic mass is 9.97. The molecule has 0 spiro atoms. The lowest BCUT2D eigenvalue weighted by Crippen LogP contribution is -2.28. The van der Waals surface area contributed by atoms with Crippen molar-refractivity contribution >= 4 is 0 Å². The number of halogens is 1. The van der Waals surface area contributed by atoms with E-state index in [0.29, 0.717) is 5.56 Å². The molecular weight excluding hydrogens is 243 g/mol. The number of methoxy groups -OCH3 is 1. The van der Waals surface area contributed by atoms with Gasteiger partial charge in [0.15, 0.2) is 0 Å². The number of rotatable bonds is 4. The highest BCUT2D eigenvalue weighted by Gasteiger charge is 2.13. The SMILES string of the molecule is COc1ccc(C(NN)c2ccc(F)c(C)c2)cc1. The van der Waals surface area contributed by atoms with Gasteiger partial charge in [0, 0.05) is 0 Å². The van der Waals surface area contributed by atoms with Gasteiger partial charge in [-0.05, 0) is 41.8 Å². The molecule has 0 aliphatic heterocycles. The average molecular weight is 260 g/mol. The molecule has 1 unspecified atom stereocenters. The zero-order valence-corrected chi connectivity index (χ0v) is 11.0. The molecule has 0 saturated heterocycles. The fourth-order valence-corrected chi connectivity index (χ4v) is 2.03. The van der Waals surface area contributed by atoms with Crippen molar-refractivity contribution in [2.45, 2.75) is 13.0 Å². The largest absolute Gasteiger partial charge is 0.497 e. The van der Waals surface area contributed by atoms with E-state index < -0.39 is 0 Å². The van der Waals surface area contributed by atoms with Crippen LogP contribution in [-0.2, 0) is 0 Å². The van der Waals surface area contributed by atoms with Crippen molar-refractivity contribution < 1.29 is 9.13 Å². The molecule has 0 saturated carbocycles. The predicted octanol–water partition coefficient (Wildman–Crippen LogP) is 2.70. The Hall–Kier alpha value is -1.91. The van der Waals surface area contributed by atoms with E-state index in [1.54, 1.807) is 26.2 Å². The first kappa shape index (κ1) is 13.5. The normalized spacial score (nSPS) is 12.2. The molecule has 0 aliphatic rings. The highest BCUT2D eigenvalue weighted by atomic mass is 19.1. The summed E-state index contributed by atoms with van der Waals surface area (Å²) in [7, 11) is 1.62. The van der Waals surface area contributed by atoms with Crippen LogP contribution in [0.2, 0.25) is 0 Å². The van der Waals surface area contributed by atoms with Crippen LogP contribution in [0.1, 0.15) is 22.7 Å². The highest BCUT2D eigenvalue weighted by molar-refractivity contribution is 5.37. The Labute approximate surface area is 112 Å². The van der Waals surface area contributed by atoms with E-state index in [2.05, 4.69) is 5.43 Å². The van der Waals surface area contributed by atoms with Crippen molar-refractivity contribution in [1.82, 2.24) is 5.43 Å². The van der Waals surface area contributed by atoms with Crippen LogP contribution in [0.5, 0.6) is 5.75 Å². The minimum absolute atomic E-state index is 0.176. The summed E-state index contributed by atoms with van der Waals surface area (Å²) in [6, 6.07) is 12.4. The average Bonchev–Trinajstić information content (AvgIpc) is 2.44. The second kappa shape index (κ2) is 5.82. The maximum atomic E-state index is 13.3. The van der Waals surface area contributed by atoms with E-state index in [9.17, 15) is 4.39 Å². The number of hydrogen-bond donors (Lipinski definition) is 2. The second-order valence-electron chi connectivity index (χ2n) is 4.38. The van der Waals surface area contributed by atoms with E-state index in [-0.39, 0.29) is 11.9 Å². The quantitative estimate of drug-likeness (QED) is 0.656. The molecule has 3 N–H and O–H groups in total. The molecule has 3 nitrogen and oxygen atoms in total. The van der Waals surface area contributed by atoms with Crippen molar-refractivity contribution in [2.24, 2.45) is 5.84 Å². The van der Waals surface area contributed by atoms with Crippen LogP contribution in [0, 0.1) is 12.7 Å². The van der Waals surface area contributed by atoms with E-state index in [4.69, 9.17) is 10.6 Å². The molecule has 2 aromatic carbocycles. The van der Waals surface area contributed by atoms with Gasteiger partial charge in [0.05, 0.1) is 13.2 Å². The van der Waals surface area contributed by atoms with Crippen molar-refractivity contribution in [3.63, 3.8) is 0 Å². The summed E-state index contributed by atoms with van der Waals surface area (Å²) in [5.41, 5.74) is 5.28. The molecule has 100 valence electrons. The zero-order chi connectivity index (χ0) is 13.8. The highest BCUT2D eigenvalue weighted by Crippen LogP contribution is 2.24. The second-order valence-corrected chi connectivity index (χ2v) is 4.38. The number of benzene rings is 2. The fourth-order valence-electron chi connectivity index (χ4n) is 2.03. The summed E-state index contributed by atoms with van der Waals surface area (Å²) in [6.07, 6.45) is 0. The van der Waals surface area contributed by atoms with Crippen LogP contribution >= 0.6 is 0 Å². The lowest BCUT2D eigenvalue weighted by molar-refractivity contribution is 0.414. The van der Waals surface area contributed by atoms with Crippen LogP contribution in [0.4, 0.5) is 4.39 Å². The van der Waals surface area contributed by atoms with Gasteiger partial charge in [0.1, 0.15) is 11.6 Å². The van der Waals surface area contributed by atoms with Crippen molar-refractivity contribution in [3.8, 4) is 5.75 Å². The Morgan fingerprint density at radius 1 is 1.11 bits per heavy atom. The molecule has 0 amide bonds. The first-order chi connectivity index (χ1) is 9.15. The molecule has 0 heterocycles. The van der Waals surface area contributed by atoms with Gasteiger partial charge in [-0.25, -0.2) is 9.82 Å². The molecule has 4 heteroatoms. The van der Waals surface area contributed by atoms with Gasteiger partial charge < -0.3 is 4.74 Å². The lowest BCUT2D eigenvalue weighted by Gasteiger charge is -2.18. The van der Waals surface area contributed by atoms with Gasteiger partial charge in [-0.15, -0.1) is 0 Å². The third-order valence-corrected chi connectivity index (χ3v) is 3.13. The third-order valence-electron chi connectivity index (χ3n) is 3.13. The minimum Gasteiger partial charge on any atom is -0.497 e. The first-order valence-corrected chi connectivity index (χ1v) is 6.02. The number of nitrogens with two attached hydrogens (primary N) is 1. The van der Waals surface area contributed by atoms with Gasteiger partial charge in [0.25, 0.3) is 0 Å². The van der Waals surface area contributed by atoms with Crippen molar-refractivity contribution in [3.05, 3.63) is 65.0 Å². The van der Waals surface area contributed by atoms with Gasteiger partial charge in [0.2, 0.25) is 0 Å². The molecule has 2 rings (SSSR count). The number of hydrogen-bond acceptors (Lipinski definition) is 3. The maximum Gasteiger partial charge on any atom is 0.126 e. The monoisotopic (exact) mass is 260 g/mol. The van der Waals surface area contributed by atoms with Gasteiger partial charge in [-0.1, -0.05) is 24.3 Å². The van der Waals surface area contributed by atoms with Crippen LogP contribution in [0.3, 0.4) is 0 Å². The number of ether oxygens (including phenoxy) is 1. The van der Waals surface area contributed by atoms with E-state index in [1.807, 2.05) is 24.3 Å². The zero-order valence-electron chi connectivity index (χ0n) is 11.0. The van der Waals surface area contributed by atoms with Crippen LogP contribution in [-0.4, -0.2) is 7.11 Å². The van der Waals surface area contributed by atoms with Crippen LogP contribution in [0.15, 0.2) is 42.5 Å². The van der Waals surface area contributed by atoms with Gasteiger partial charge >= 0.3 is 0 Å². The molecule has 0 fully saturated rings. The van der Waals surface area contributed by atoms with Crippen molar-refractivity contribution in [1.29, 1.82) is 0 Å². The number of nitrogens with one attached hydrogen (secondary N) is 1. The van der Waals surface area contributed by atoms with E-state index >= 15 is 0 Å². The molecule has 1 atom stereocenters. The first-order valence-electron chi connectivity index (χ1n) is 6.02. The molecule has 19 heavy (non-hydrogen) atoms. The Balaban J connectivity index is 2.34. The number of aryl methyl sites for hydroxylation is 1. The summed E-state index contributed by atoms with van der Waals surface area (Å²) in [4.78, 5) is 0. The van der Waals surface area contributed by atoms with Gasteiger partial charge in [-0.2, -0.15) is 0 Å². The summed E-state index contributed by atoms with van der Waals surface area (Å²) in [5.74, 6) is 6.19. The van der Waals surface area contributed by atoms with E-state index in [0.717, 1.165) is 16.9 Å². The third kappa shape index (κ3) is 2.92. The topological polar surface area (TPSA) is 47.3 Å². The minimum atomic E-state index is -0.214. The fraction of sp³-hybridized carbons (Fsp3) is 0.200. The van der Waals surface area contributed by atoms with E-state index in [1.165, 1.54) is 6.07 Å². The molecule has 2 aromatic rings. The Kier molecular flexibility index (Phi) is 4.14. The Morgan fingerprint density at radius 2 is 1.74 bits per heavy atom. The van der Waals surface area contributed by atoms with Crippen molar-refractivity contribution in [2.75, 3.05) is 7.11 Å². The Bertz CT molecular complexity index is 555. The summed E-state index contributed by atoms with van der Waals surface area (Å²) < 4.78 is 18.4. The molecule has 0 aliphatic carbocycles. The summed E-state index contributed by atoms with van der Waals surface area (Å²) in [6.45, 7) is 1.74. The Morgan fingerprint density at radius 3 is 2.26 bits per heavy atom. The van der Waals surface area contributed by atoms with Gasteiger partial charge in [-0.3, -0.25) is 5.84 Å². The molecule has 0 aromatic heterocycles. The number of hydrazine groups is 1. The smallest absolute Gasteiger partial charge is 0.126 e. The standard InChI is InChI=1S/C15H17FN2O/c1-10-9-12(5-8-14(10)16)15(18-17)11-3-6-13(19-2)7-4-11/h3-9,15,18H,17H2,1-2H3. The maximum absolute atomic E-state index is 13.3. The predicted molar refractivity (Wildman–Crippen MR) is 73.3 cm³/mol. The molecule has 0 radical (unpaired) electrons. The summed E-state index contributed by atoms with van der Waals surface area (Å²) >= 11 is 0. The van der Waals surface area contributed by atoms with Crippen LogP contribution < -0.4 is 16.0 Å². The summed E-state index contributed by atoms with van der Waals surface area (Å²) in [5, 5.41) is 0.